The summed E-state index contributed by atoms with van der Waals surface area (Å²) in [7, 11) is 0. The van der Waals surface area contributed by atoms with Gasteiger partial charge in [0, 0.05) is 6.42 Å². The van der Waals surface area contributed by atoms with Crippen molar-refractivity contribution in [3.05, 3.63) is 0 Å². The van der Waals surface area contributed by atoms with Crippen LogP contribution in [0.5, 0.6) is 0 Å². The smallest absolute Gasteiger partial charge is 1.00 e. The van der Waals surface area contributed by atoms with Crippen molar-refractivity contribution in [2.75, 3.05) is 0 Å². The number of carboxylic acid groups (broad SMARTS) is 1. The number of rotatable bonds is 7. The van der Waals surface area contributed by atoms with E-state index in [1.807, 2.05) is 0 Å². The fourth-order valence-corrected chi connectivity index (χ4v) is 1.06. The Kier molecular flexibility index (Phi) is 14.3. The predicted molar refractivity (Wildman–Crippen MR) is 46.7 cm³/mol. The largest absolute Gasteiger partial charge is 1.00 e. The molecule has 0 saturated carbocycles. The van der Waals surface area contributed by atoms with E-state index in [1.54, 1.807) is 0 Å². The SMILES string of the molecule is CCCCCCCCC(=O)O.[H-].[Na+]. The third-order valence-electron chi connectivity index (χ3n) is 1.74. The van der Waals surface area contributed by atoms with E-state index < -0.39 is 5.97 Å². The first-order chi connectivity index (χ1) is 5.27. The molecule has 0 atom stereocenters. The fraction of sp³-hybridized carbons (Fsp3) is 0.889. The zero-order valence-corrected chi connectivity index (χ0v) is 10.3. The maximum Gasteiger partial charge on any atom is 1.00 e. The average Bonchev–Trinajstić information content (AvgIpc) is 1.96. The summed E-state index contributed by atoms with van der Waals surface area (Å²) in [5.74, 6) is -0.666. The van der Waals surface area contributed by atoms with Crippen LogP contribution in [0.4, 0.5) is 0 Å². The average molecular weight is 182 g/mol. The fourth-order valence-electron chi connectivity index (χ4n) is 1.06. The van der Waals surface area contributed by atoms with E-state index in [0.717, 1.165) is 12.8 Å². The van der Waals surface area contributed by atoms with Crippen LogP contribution in [0.15, 0.2) is 0 Å². The summed E-state index contributed by atoms with van der Waals surface area (Å²) < 4.78 is 0. The van der Waals surface area contributed by atoms with Gasteiger partial charge in [-0.1, -0.05) is 39.0 Å². The zero-order valence-electron chi connectivity index (χ0n) is 9.31. The Labute approximate surface area is 98.5 Å². The molecule has 0 unspecified atom stereocenters. The van der Waals surface area contributed by atoms with E-state index >= 15 is 0 Å². The number of aliphatic carboxylic acids is 1. The number of hydrogen-bond acceptors (Lipinski definition) is 1. The molecule has 0 aromatic heterocycles. The Balaban J connectivity index is -0.000000500. The van der Waals surface area contributed by atoms with Gasteiger partial charge in [-0.3, -0.25) is 4.79 Å². The minimum absolute atomic E-state index is 0. The monoisotopic (exact) mass is 182 g/mol. The summed E-state index contributed by atoms with van der Waals surface area (Å²) in [5.41, 5.74) is 0. The van der Waals surface area contributed by atoms with Crippen LogP contribution in [0, 0.1) is 0 Å². The van der Waals surface area contributed by atoms with Gasteiger partial charge in [0.1, 0.15) is 0 Å². The van der Waals surface area contributed by atoms with Crippen molar-refractivity contribution in [3.63, 3.8) is 0 Å². The molecular weight excluding hydrogens is 163 g/mol. The van der Waals surface area contributed by atoms with Crippen LogP contribution in [-0.2, 0) is 4.79 Å². The molecule has 0 aliphatic rings. The van der Waals surface area contributed by atoms with E-state index in [-0.39, 0.29) is 31.0 Å². The molecule has 0 bridgehead atoms. The third-order valence-corrected chi connectivity index (χ3v) is 1.74. The molecule has 3 heteroatoms. The number of carboxylic acids is 1. The summed E-state index contributed by atoms with van der Waals surface area (Å²) in [5, 5.41) is 8.32. The Hall–Kier alpha value is 0.470. The van der Waals surface area contributed by atoms with Gasteiger partial charge in [0.05, 0.1) is 0 Å². The summed E-state index contributed by atoms with van der Waals surface area (Å²) in [4.78, 5) is 10.1. The maximum absolute atomic E-state index is 10.1. The van der Waals surface area contributed by atoms with Crippen molar-refractivity contribution in [1.82, 2.24) is 0 Å². The van der Waals surface area contributed by atoms with Crippen molar-refractivity contribution in [3.8, 4) is 0 Å². The van der Waals surface area contributed by atoms with Crippen LogP contribution in [-0.4, -0.2) is 11.1 Å². The molecule has 12 heavy (non-hydrogen) atoms. The van der Waals surface area contributed by atoms with Crippen molar-refractivity contribution >= 4 is 5.97 Å². The second-order valence-corrected chi connectivity index (χ2v) is 2.91. The molecule has 0 radical (unpaired) electrons. The van der Waals surface area contributed by atoms with Crippen LogP contribution in [0.2, 0.25) is 0 Å². The molecule has 2 nitrogen and oxygen atoms in total. The third kappa shape index (κ3) is 13.1. The van der Waals surface area contributed by atoms with E-state index in [4.69, 9.17) is 5.11 Å². The van der Waals surface area contributed by atoms with Crippen LogP contribution >= 0.6 is 0 Å². The minimum atomic E-state index is -0.666. The maximum atomic E-state index is 10.1. The normalized spacial score (nSPS) is 9.08. The number of carbonyl (C=O) groups is 1. The molecule has 0 aliphatic heterocycles. The second kappa shape index (κ2) is 11.5. The molecule has 0 amide bonds. The first kappa shape index (κ1) is 15.0. The van der Waals surface area contributed by atoms with Crippen molar-refractivity contribution < 1.29 is 40.9 Å². The van der Waals surface area contributed by atoms with Gasteiger partial charge in [-0.2, -0.15) is 0 Å². The Morgan fingerprint density at radius 3 is 2.17 bits per heavy atom. The van der Waals surface area contributed by atoms with Gasteiger partial charge >= 0.3 is 35.5 Å². The van der Waals surface area contributed by atoms with Gasteiger partial charge < -0.3 is 6.53 Å². The summed E-state index contributed by atoms with van der Waals surface area (Å²) in [6.07, 6.45) is 7.25. The molecule has 68 valence electrons. The minimum Gasteiger partial charge on any atom is -1.00 e. The Morgan fingerprint density at radius 1 is 1.17 bits per heavy atom. The molecule has 0 aromatic carbocycles. The van der Waals surface area contributed by atoms with E-state index in [2.05, 4.69) is 6.92 Å². The molecule has 1 N–H and O–H groups in total. The van der Waals surface area contributed by atoms with Crippen LogP contribution < -0.4 is 29.6 Å². The molecule has 0 saturated heterocycles. The topological polar surface area (TPSA) is 37.3 Å². The second-order valence-electron chi connectivity index (χ2n) is 2.91. The Bertz CT molecular complexity index is 110. The molecule has 0 rings (SSSR count). The number of hydrogen-bond donors (Lipinski definition) is 1. The molecular formula is C9H19NaO2. The molecule has 0 fully saturated rings. The summed E-state index contributed by atoms with van der Waals surface area (Å²) in [6.45, 7) is 2.18. The van der Waals surface area contributed by atoms with Gasteiger partial charge in [-0.25, -0.2) is 0 Å². The first-order valence-electron chi connectivity index (χ1n) is 4.49. The summed E-state index contributed by atoms with van der Waals surface area (Å²) >= 11 is 0. The van der Waals surface area contributed by atoms with Crippen molar-refractivity contribution in [2.24, 2.45) is 0 Å². The van der Waals surface area contributed by atoms with Gasteiger partial charge in [-0.15, -0.1) is 0 Å². The van der Waals surface area contributed by atoms with Crippen molar-refractivity contribution in [1.29, 1.82) is 0 Å². The molecule has 0 spiro atoms. The van der Waals surface area contributed by atoms with Crippen LogP contribution in [0.3, 0.4) is 0 Å². The predicted octanol–water partition coefficient (Wildman–Crippen LogP) is -0.0619. The van der Waals surface area contributed by atoms with E-state index in [0.29, 0.717) is 6.42 Å². The zero-order chi connectivity index (χ0) is 8.53. The van der Waals surface area contributed by atoms with E-state index in [1.165, 1.54) is 25.7 Å². The molecule has 0 aliphatic carbocycles. The van der Waals surface area contributed by atoms with Crippen molar-refractivity contribution in [2.45, 2.75) is 51.9 Å². The van der Waals surface area contributed by atoms with Gasteiger partial charge in [0.2, 0.25) is 0 Å². The van der Waals surface area contributed by atoms with E-state index in [9.17, 15) is 4.79 Å². The molecule has 0 heterocycles. The Morgan fingerprint density at radius 2 is 1.67 bits per heavy atom. The van der Waals surface area contributed by atoms with Gasteiger partial charge in [-0.05, 0) is 6.42 Å². The quantitative estimate of drug-likeness (QED) is 0.442. The van der Waals surface area contributed by atoms with Crippen LogP contribution in [0.25, 0.3) is 0 Å². The van der Waals surface area contributed by atoms with Crippen LogP contribution in [0.1, 0.15) is 53.3 Å². The number of unbranched alkanes of at least 4 members (excludes halogenated alkanes) is 5. The first-order valence-corrected chi connectivity index (χ1v) is 4.49. The molecule has 0 aromatic rings. The standard InChI is InChI=1S/C9H18O2.Na.H/c1-2-3-4-5-6-7-8-9(10)11;;/h2-8H2,1H3,(H,10,11);;/q;+1;-1. The van der Waals surface area contributed by atoms with Gasteiger partial charge in [0.15, 0.2) is 0 Å². The summed E-state index contributed by atoms with van der Waals surface area (Å²) in [6, 6.07) is 0. The van der Waals surface area contributed by atoms with Gasteiger partial charge in [0.25, 0.3) is 0 Å².